The van der Waals surface area contributed by atoms with Crippen LogP contribution in [-0.2, 0) is 17.9 Å². The van der Waals surface area contributed by atoms with E-state index in [9.17, 15) is 14.0 Å². The predicted octanol–water partition coefficient (Wildman–Crippen LogP) is 5.98. The molecule has 0 aliphatic carbocycles. The molecule has 5 nitrogen and oxygen atoms in total. The summed E-state index contributed by atoms with van der Waals surface area (Å²) in [5, 5.41) is 2.88. The molecule has 0 unspecified atom stereocenters. The van der Waals surface area contributed by atoms with Gasteiger partial charge >= 0.3 is 6.03 Å². The van der Waals surface area contributed by atoms with Crippen LogP contribution in [0.3, 0.4) is 0 Å². The summed E-state index contributed by atoms with van der Waals surface area (Å²) in [5.41, 5.74) is 2.63. The number of aryl methyl sites for hydroxylation is 2. The molecule has 0 saturated carbocycles. The van der Waals surface area contributed by atoms with Crippen LogP contribution in [0.1, 0.15) is 34.2 Å². The third-order valence-electron chi connectivity index (χ3n) is 5.19. The number of carbonyl (C=O) groups is 2. The lowest BCUT2D eigenvalue weighted by atomic mass is 10.2. The van der Waals surface area contributed by atoms with Gasteiger partial charge in [0, 0.05) is 28.5 Å². The van der Waals surface area contributed by atoms with Crippen LogP contribution in [-0.4, -0.2) is 34.8 Å². The number of rotatable bonds is 9. The first-order chi connectivity index (χ1) is 15.8. The van der Waals surface area contributed by atoms with Crippen molar-refractivity contribution in [1.29, 1.82) is 0 Å². The number of benzene rings is 2. The zero-order chi connectivity index (χ0) is 23.8. The van der Waals surface area contributed by atoms with Crippen LogP contribution in [0.25, 0.3) is 0 Å². The van der Waals surface area contributed by atoms with E-state index in [1.807, 2.05) is 57.2 Å². The molecule has 3 aromatic rings. The molecule has 0 atom stereocenters. The minimum Gasteiger partial charge on any atom is -0.332 e. The van der Waals surface area contributed by atoms with Gasteiger partial charge in [0.05, 0.1) is 6.54 Å². The van der Waals surface area contributed by atoms with E-state index in [0.717, 1.165) is 22.4 Å². The molecule has 0 spiro atoms. The number of halogens is 1. The van der Waals surface area contributed by atoms with Gasteiger partial charge in [0.15, 0.2) is 0 Å². The molecule has 1 N–H and O–H groups in total. The van der Waals surface area contributed by atoms with Crippen molar-refractivity contribution in [3.63, 3.8) is 0 Å². The van der Waals surface area contributed by atoms with Crippen molar-refractivity contribution in [2.24, 2.45) is 0 Å². The van der Waals surface area contributed by atoms with Gasteiger partial charge in [-0.1, -0.05) is 36.8 Å². The van der Waals surface area contributed by atoms with Gasteiger partial charge in [0.1, 0.15) is 12.4 Å². The third-order valence-corrected chi connectivity index (χ3v) is 6.18. The molecule has 33 heavy (non-hydrogen) atoms. The summed E-state index contributed by atoms with van der Waals surface area (Å²) >= 11 is 1.64. The molecule has 1 aromatic heterocycles. The molecule has 0 saturated heterocycles. The second-order valence-electron chi connectivity index (χ2n) is 8.11. The summed E-state index contributed by atoms with van der Waals surface area (Å²) in [5.74, 6) is -0.467. The van der Waals surface area contributed by atoms with E-state index in [1.54, 1.807) is 33.3 Å². The zero-order valence-corrected chi connectivity index (χ0v) is 20.1. The Labute approximate surface area is 198 Å². The van der Waals surface area contributed by atoms with Crippen LogP contribution in [0.2, 0.25) is 0 Å². The topological polar surface area (TPSA) is 52.7 Å². The Bertz CT molecular complexity index is 1060. The van der Waals surface area contributed by atoms with Crippen LogP contribution < -0.4 is 5.32 Å². The molecule has 2 aromatic carbocycles. The second kappa shape index (κ2) is 11.6. The van der Waals surface area contributed by atoms with Crippen molar-refractivity contribution < 1.29 is 14.0 Å². The average molecular weight is 468 g/mol. The first kappa shape index (κ1) is 24.5. The van der Waals surface area contributed by atoms with Crippen molar-refractivity contribution in [3.8, 4) is 0 Å². The Hall–Kier alpha value is -3.19. The summed E-state index contributed by atoms with van der Waals surface area (Å²) in [6, 6.07) is 17.4. The Kier molecular flexibility index (Phi) is 8.60. The van der Waals surface area contributed by atoms with Gasteiger partial charge in [-0.25, -0.2) is 9.18 Å². The smallest absolute Gasteiger partial charge is 0.322 e. The summed E-state index contributed by atoms with van der Waals surface area (Å²) in [7, 11) is 0. The van der Waals surface area contributed by atoms with Crippen molar-refractivity contribution >= 4 is 29.0 Å². The Balaban J connectivity index is 1.74. The SMILES string of the molecule is CCCN(CC(=O)N(Cc1ccc(F)cc1)Cc1ccc(C)s1)C(=O)Nc1ccc(C)cc1. The van der Waals surface area contributed by atoms with Gasteiger partial charge in [0.2, 0.25) is 5.91 Å². The highest BCUT2D eigenvalue weighted by atomic mass is 32.1. The van der Waals surface area contributed by atoms with Crippen LogP contribution in [0, 0.1) is 19.7 Å². The lowest BCUT2D eigenvalue weighted by molar-refractivity contribution is -0.133. The first-order valence-electron chi connectivity index (χ1n) is 11.0. The van der Waals surface area contributed by atoms with Crippen LogP contribution in [0.15, 0.2) is 60.7 Å². The maximum absolute atomic E-state index is 13.3. The Morgan fingerprint density at radius 2 is 1.61 bits per heavy atom. The van der Waals surface area contributed by atoms with Gasteiger partial charge in [-0.15, -0.1) is 11.3 Å². The van der Waals surface area contributed by atoms with Crippen molar-refractivity contribution in [1.82, 2.24) is 9.80 Å². The second-order valence-corrected chi connectivity index (χ2v) is 9.48. The standard InChI is InChI=1S/C26H30FN3O2S/c1-4-15-29(26(32)28-23-12-5-19(2)6-13-23)18-25(31)30(17-24-14-7-20(3)33-24)16-21-8-10-22(27)11-9-21/h5-14H,4,15-18H2,1-3H3,(H,28,32). The average Bonchev–Trinajstić information content (AvgIpc) is 3.20. The van der Waals surface area contributed by atoms with Gasteiger partial charge < -0.3 is 15.1 Å². The molecule has 3 rings (SSSR count). The predicted molar refractivity (Wildman–Crippen MR) is 132 cm³/mol. The van der Waals surface area contributed by atoms with E-state index in [0.29, 0.717) is 25.3 Å². The van der Waals surface area contributed by atoms with E-state index in [1.165, 1.54) is 17.0 Å². The zero-order valence-electron chi connectivity index (χ0n) is 19.3. The van der Waals surface area contributed by atoms with Crippen molar-refractivity contribution in [3.05, 3.63) is 87.4 Å². The number of carbonyl (C=O) groups excluding carboxylic acids is 2. The number of hydrogen-bond acceptors (Lipinski definition) is 3. The first-order valence-corrected chi connectivity index (χ1v) is 11.9. The number of hydrogen-bond donors (Lipinski definition) is 1. The van der Waals surface area contributed by atoms with Gasteiger partial charge in [0.25, 0.3) is 0 Å². The highest BCUT2D eigenvalue weighted by Gasteiger charge is 2.22. The molecule has 3 amide bonds. The fourth-order valence-electron chi connectivity index (χ4n) is 3.43. The lowest BCUT2D eigenvalue weighted by Gasteiger charge is -2.27. The Morgan fingerprint density at radius 3 is 2.21 bits per heavy atom. The van der Waals surface area contributed by atoms with E-state index in [4.69, 9.17) is 0 Å². The molecule has 0 aliphatic rings. The number of thiophene rings is 1. The molecular formula is C26H30FN3O2S. The monoisotopic (exact) mass is 467 g/mol. The number of nitrogens with one attached hydrogen (secondary N) is 1. The van der Waals surface area contributed by atoms with Crippen LogP contribution in [0.5, 0.6) is 0 Å². The molecule has 1 heterocycles. The summed E-state index contributed by atoms with van der Waals surface area (Å²) in [4.78, 5) is 31.8. The van der Waals surface area contributed by atoms with Gasteiger partial charge in [-0.3, -0.25) is 4.79 Å². The maximum atomic E-state index is 13.3. The van der Waals surface area contributed by atoms with Gasteiger partial charge in [-0.2, -0.15) is 0 Å². The van der Waals surface area contributed by atoms with Crippen molar-refractivity contribution in [2.75, 3.05) is 18.4 Å². The highest BCUT2D eigenvalue weighted by molar-refractivity contribution is 7.11. The van der Waals surface area contributed by atoms with Crippen LogP contribution in [0.4, 0.5) is 14.9 Å². The highest BCUT2D eigenvalue weighted by Crippen LogP contribution is 2.19. The maximum Gasteiger partial charge on any atom is 0.322 e. The molecular weight excluding hydrogens is 437 g/mol. The minimum atomic E-state index is -0.313. The fourth-order valence-corrected chi connectivity index (χ4v) is 4.33. The molecule has 0 radical (unpaired) electrons. The number of anilines is 1. The summed E-state index contributed by atoms with van der Waals surface area (Å²) in [6.07, 6.45) is 0.733. The molecule has 7 heteroatoms. The summed E-state index contributed by atoms with van der Waals surface area (Å²) in [6.45, 7) is 7.20. The quantitative estimate of drug-likeness (QED) is 0.421. The third kappa shape index (κ3) is 7.43. The number of amides is 3. The molecule has 0 bridgehead atoms. The van der Waals surface area contributed by atoms with E-state index in [2.05, 4.69) is 5.32 Å². The van der Waals surface area contributed by atoms with E-state index >= 15 is 0 Å². The van der Waals surface area contributed by atoms with E-state index in [-0.39, 0.29) is 24.3 Å². The summed E-state index contributed by atoms with van der Waals surface area (Å²) < 4.78 is 13.3. The minimum absolute atomic E-state index is 0.0307. The fraction of sp³-hybridized carbons (Fsp3) is 0.308. The lowest BCUT2D eigenvalue weighted by Crippen LogP contribution is -2.44. The molecule has 0 aliphatic heterocycles. The van der Waals surface area contributed by atoms with Crippen LogP contribution >= 0.6 is 11.3 Å². The number of nitrogens with zero attached hydrogens (tertiary/aromatic N) is 2. The number of urea groups is 1. The normalized spacial score (nSPS) is 10.7. The molecule has 174 valence electrons. The van der Waals surface area contributed by atoms with Crippen molar-refractivity contribution in [2.45, 2.75) is 40.3 Å². The van der Waals surface area contributed by atoms with Gasteiger partial charge in [-0.05, 0) is 62.2 Å². The van der Waals surface area contributed by atoms with E-state index < -0.39 is 0 Å². The largest absolute Gasteiger partial charge is 0.332 e. The molecule has 0 fully saturated rings. The Morgan fingerprint density at radius 1 is 0.909 bits per heavy atom.